The number of esters is 2. The van der Waals surface area contributed by atoms with Crippen LogP contribution in [-0.2, 0) is 30.4 Å². The van der Waals surface area contributed by atoms with Crippen molar-refractivity contribution < 1.29 is 28.6 Å². The summed E-state index contributed by atoms with van der Waals surface area (Å²) in [6.45, 7) is 4.74. The van der Waals surface area contributed by atoms with Gasteiger partial charge in [-0.1, -0.05) is 121 Å². The first kappa shape index (κ1) is 33.6. The molecule has 1 fully saturated rings. The molecular formula is C33H53NO6. The molecule has 0 aliphatic carbocycles. The number of carbonyl (C=O) groups is 3. The third-order valence-electron chi connectivity index (χ3n) is 7.62. The van der Waals surface area contributed by atoms with Gasteiger partial charge in [-0.2, -0.15) is 0 Å². The van der Waals surface area contributed by atoms with Gasteiger partial charge in [0.1, 0.15) is 18.8 Å². The second-order valence-electron chi connectivity index (χ2n) is 11.1. The Morgan fingerprint density at radius 3 is 2.15 bits per heavy atom. The Balaban J connectivity index is 1.73. The minimum Gasteiger partial charge on any atom is -0.462 e. The average molecular weight is 560 g/mol. The highest BCUT2D eigenvalue weighted by atomic mass is 16.6. The standard InChI is InChI=1S/C33H53NO6/c1-3-5-7-9-10-11-12-13-17-21-28(25-30-29(32(36)40-30)22-18-8-6-4-2)39-31(35)23-24-34-33(37)38-26-27-19-15-14-16-20-27/h14-16,19-20,28-30H,3-13,17-18,21-26H2,1-2H3,(H,34,37)/t28-,29-,30-/m0/s1. The molecule has 2 rings (SSSR count). The number of hydrogen-bond donors (Lipinski definition) is 1. The first-order valence-corrected chi connectivity index (χ1v) is 15.9. The zero-order valence-corrected chi connectivity index (χ0v) is 25.0. The molecule has 1 amide bonds. The van der Waals surface area contributed by atoms with Crippen molar-refractivity contribution in [2.75, 3.05) is 6.54 Å². The number of ether oxygens (including phenoxy) is 3. The molecule has 1 aliphatic rings. The fourth-order valence-corrected chi connectivity index (χ4v) is 5.16. The molecule has 0 unspecified atom stereocenters. The van der Waals surface area contributed by atoms with Crippen LogP contribution in [-0.4, -0.2) is 36.8 Å². The summed E-state index contributed by atoms with van der Waals surface area (Å²) in [5, 5.41) is 2.62. The summed E-state index contributed by atoms with van der Waals surface area (Å²) >= 11 is 0. The SMILES string of the molecule is CCCCCCCCCCC[C@@H](C[C@@H]1OC(=O)[C@H]1CCCCCC)OC(=O)CCNC(=O)OCc1ccccc1. The van der Waals surface area contributed by atoms with E-state index in [0.29, 0.717) is 6.42 Å². The summed E-state index contributed by atoms with van der Waals surface area (Å²) in [6.07, 6.45) is 16.8. The lowest BCUT2D eigenvalue weighted by Crippen LogP contribution is -2.47. The minimum absolute atomic E-state index is 0.0690. The van der Waals surface area contributed by atoms with Crippen molar-refractivity contribution in [3.8, 4) is 0 Å². The van der Waals surface area contributed by atoms with E-state index < -0.39 is 6.09 Å². The lowest BCUT2D eigenvalue weighted by atomic mass is 9.86. The van der Waals surface area contributed by atoms with E-state index in [1.165, 1.54) is 51.4 Å². The van der Waals surface area contributed by atoms with Crippen LogP contribution >= 0.6 is 0 Å². The van der Waals surface area contributed by atoms with Crippen molar-refractivity contribution >= 4 is 18.0 Å². The molecule has 0 saturated carbocycles. The number of unbranched alkanes of at least 4 members (excludes halogenated alkanes) is 11. The van der Waals surface area contributed by atoms with Crippen LogP contribution < -0.4 is 5.32 Å². The van der Waals surface area contributed by atoms with E-state index in [9.17, 15) is 14.4 Å². The average Bonchev–Trinajstić information content (AvgIpc) is 2.95. The Labute approximate surface area is 242 Å². The van der Waals surface area contributed by atoms with E-state index in [0.717, 1.165) is 50.5 Å². The molecule has 0 aromatic heterocycles. The van der Waals surface area contributed by atoms with Gasteiger partial charge in [0.15, 0.2) is 0 Å². The van der Waals surface area contributed by atoms with Gasteiger partial charge >= 0.3 is 18.0 Å². The van der Waals surface area contributed by atoms with Gasteiger partial charge in [-0.25, -0.2) is 4.79 Å². The highest BCUT2D eigenvalue weighted by Gasteiger charge is 2.43. The highest BCUT2D eigenvalue weighted by Crippen LogP contribution is 2.32. The van der Waals surface area contributed by atoms with Crippen molar-refractivity contribution in [1.29, 1.82) is 0 Å². The minimum atomic E-state index is -0.560. The summed E-state index contributed by atoms with van der Waals surface area (Å²) in [5.74, 6) is -0.551. The summed E-state index contributed by atoms with van der Waals surface area (Å²) in [4.78, 5) is 36.7. The molecule has 0 spiro atoms. The third-order valence-corrected chi connectivity index (χ3v) is 7.62. The Morgan fingerprint density at radius 2 is 1.50 bits per heavy atom. The zero-order chi connectivity index (χ0) is 28.8. The molecule has 1 aliphatic heterocycles. The maximum Gasteiger partial charge on any atom is 0.407 e. The molecule has 7 heteroatoms. The van der Waals surface area contributed by atoms with Gasteiger partial charge in [-0.3, -0.25) is 9.59 Å². The van der Waals surface area contributed by atoms with Crippen LogP contribution in [0.1, 0.15) is 129 Å². The first-order valence-electron chi connectivity index (χ1n) is 15.9. The lowest BCUT2D eigenvalue weighted by Gasteiger charge is -2.37. The van der Waals surface area contributed by atoms with Crippen LogP contribution in [0.15, 0.2) is 30.3 Å². The Hall–Kier alpha value is -2.57. The van der Waals surface area contributed by atoms with Gasteiger partial charge in [0.05, 0.1) is 12.3 Å². The number of carbonyl (C=O) groups excluding carboxylic acids is 3. The van der Waals surface area contributed by atoms with Gasteiger partial charge in [0.2, 0.25) is 0 Å². The Bertz CT molecular complexity index is 829. The van der Waals surface area contributed by atoms with E-state index in [4.69, 9.17) is 14.2 Å². The predicted molar refractivity (Wildman–Crippen MR) is 158 cm³/mol. The van der Waals surface area contributed by atoms with E-state index >= 15 is 0 Å². The van der Waals surface area contributed by atoms with Gasteiger partial charge < -0.3 is 19.5 Å². The number of benzene rings is 1. The fraction of sp³-hybridized carbons (Fsp3) is 0.727. The van der Waals surface area contributed by atoms with Crippen LogP contribution in [0, 0.1) is 5.92 Å². The Kier molecular flexibility index (Phi) is 17.8. The maximum atomic E-state index is 12.6. The molecule has 226 valence electrons. The largest absolute Gasteiger partial charge is 0.462 e. The second-order valence-corrected chi connectivity index (χ2v) is 11.1. The Morgan fingerprint density at radius 1 is 0.875 bits per heavy atom. The summed E-state index contributed by atoms with van der Waals surface area (Å²) in [7, 11) is 0. The van der Waals surface area contributed by atoms with Crippen molar-refractivity contribution in [3.63, 3.8) is 0 Å². The number of hydrogen-bond acceptors (Lipinski definition) is 6. The first-order chi connectivity index (χ1) is 19.5. The zero-order valence-electron chi connectivity index (χ0n) is 25.0. The van der Waals surface area contributed by atoms with E-state index in [1.54, 1.807) is 0 Å². The molecule has 1 heterocycles. The number of amides is 1. The lowest BCUT2D eigenvalue weighted by molar-refractivity contribution is -0.190. The number of cyclic esters (lactones) is 1. The van der Waals surface area contributed by atoms with Crippen LogP contribution in [0.3, 0.4) is 0 Å². The molecule has 40 heavy (non-hydrogen) atoms. The molecule has 3 atom stereocenters. The van der Waals surface area contributed by atoms with Crippen LogP contribution in [0.5, 0.6) is 0 Å². The molecule has 1 aromatic rings. The van der Waals surface area contributed by atoms with Gasteiger partial charge in [-0.05, 0) is 24.8 Å². The number of rotatable bonds is 23. The van der Waals surface area contributed by atoms with Gasteiger partial charge in [-0.15, -0.1) is 0 Å². The quantitative estimate of drug-likeness (QED) is 0.0829. The predicted octanol–water partition coefficient (Wildman–Crippen LogP) is 8.04. The third kappa shape index (κ3) is 14.7. The van der Waals surface area contributed by atoms with Crippen LogP contribution in [0.25, 0.3) is 0 Å². The smallest absolute Gasteiger partial charge is 0.407 e. The maximum absolute atomic E-state index is 12.6. The molecule has 0 radical (unpaired) electrons. The fourth-order valence-electron chi connectivity index (χ4n) is 5.16. The molecule has 7 nitrogen and oxygen atoms in total. The van der Waals surface area contributed by atoms with Crippen molar-refractivity contribution in [1.82, 2.24) is 5.32 Å². The van der Waals surface area contributed by atoms with Crippen molar-refractivity contribution in [3.05, 3.63) is 35.9 Å². The summed E-state index contributed by atoms with van der Waals surface area (Å²) < 4.78 is 16.5. The molecule has 0 bridgehead atoms. The molecule has 1 aromatic carbocycles. The molecule has 1 N–H and O–H groups in total. The van der Waals surface area contributed by atoms with E-state index in [-0.39, 0.29) is 49.6 Å². The summed E-state index contributed by atoms with van der Waals surface area (Å²) in [5.41, 5.74) is 0.900. The van der Waals surface area contributed by atoms with Crippen molar-refractivity contribution in [2.24, 2.45) is 5.92 Å². The highest BCUT2D eigenvalue weighted by molar-refractivity contribution is 5.78. The van der Waals surface area contributed by atoms with Crippen LogP contribution in [0.4, 0.5) is 4.79 Å². The molecular weight excluding hydrogens is 506 g/mol. The normalized spacial score (nSPS) is 17.0. The van der Waals surface area contributed by atoms with Crippen LogP contribution in [0.2, 0.25) is 0 Å². The van der Waals surface area contributed by atoms with Crippen molar-refractivity contribution in [2.45, 2.75) is 142 Å². The number of nitrogens with one attached hydrogen (secondary N) is 1. The molecule has 1 saturated heterocycles. The monoisotopic (exact) mass is 559 g/mol. The number of alkyl carbamates (subject to hydrolysis) is 1. The summed E-state index contributed by atoms with van der Waals surface area (Å²) in [6, 6.07) is 9.44. The van der Waals surface area contributed by atoms with Gasteiger partial charge in [0, 0.05) is 13.0 Å². The van der Waals surface area contributed by atoms with E-state index in [2.05, 4.69) is 19.2 Å². The van der Waals surface area contributed by atoms with E-state index in [1.807, 2.05) is 30.3 Å². The topological polar surface area (TPSA) is 90.9 Å². The van der Waals surface area contributed by atoms with Gasteiger partial charge in [0.25, 0.3) is 0 Å². The second kappa shape index (κ2) is 21.2.